The number of pyridine rings is 1. The third-order valence-electron chi connectivity index (χ3n) is 3.06. The SMILES string of the molecule is CC(CNC(=O)c1ccncc1O)C1CC1. The molecular formula is C12H16N2O2. The van der Waals surface area contributed by atoms with Gasteiger partial charge < -0.3 is 10.4 Å². The molecule has 1 aromatic rings. The minimum atomic E-state index is -0.229. The summed E-state index contributed by atoms with van der Waals surface area (Å²) in [4.78, 5) is 15.4. The van der Waals surface area contributed by atoms with Crippen LogP contribution in [0.15, 0.2) is 18.5 Å². The van der Waals surface area contributed by atoms with Gasteiger partial charge in [-0.25, -0.2) is 0 Å². The van der Waals surface area contributed by atoms with Crippen LogP contribution < -0.4 is 5.32 Å². The average molecular weight is 220 g/mol. The van der Waals surface area contributed by atoms with Crippen molar-refractivity contribution in [2.45, 2.75) is 19.8 Å². The van der Waals surface area contributed by atoms with E-state index in [1.165, 1.54) is 31.3 Å². The summed E-state index contributed by atoms with van der Waals surface area (Å²) < 4.78 is 0. The molecule has 1 aliphatic rings. The highest BCUT2D eigenvalue weighted by molar-refractivity contribution is 5.96. The fraction of sp³-hybridized carbons (Fsp3) is 0.500. The predicted octanol–water partition coefficient (Wildman–Crippen LogP) is 1.56. The van der Waals surface area contributed by atoms with Gasteiger partial charge in [0.05, 0.1) is 11.8 Å². The number of aromatic hydroxyl groups is 1. The van der Waals surface area contributed by atoms with Crippen molar-refractivity contribution >= 4 is 5.91 Å². The molecule has 1 aliphatic carbocycles. The van der Waals surface area contributed by atoms with E-state index >= 15 is 0 Å². The first-order valence-electron chi connectivity index (χ1n) is 5.59. The van der Waals surface area contributed by atoms with Crippen molar-refractivity contribution < 1.29 is 9.90 Å². The lowest BCUT2D eigenvalue weighted by molar-refractivity contribution is 0.0944. The number of hydrogen-bond acceptors (Lipinski definition) is 3. The quantitative estimate of drug-likeness (QED) is 0.809. The highest BCUT2D eigenvalue weighted by atomic mass is 16.3. The average Bonchev–Trinajstić information content (AvgIpc) is 3.10. The Hall–Kier alpha value is -1.58. The van der Waals surface area contributed by atoms with E-state index in [1.54, 1.807) is 0 Å². The van der Waals surface area contributed by atoms with E-state index in [4.69, 9.17) is 0 Å². The van der Waals surface area contributed by atoms with Gasteiger partial charge in [0.1, 0.15) is 5.75 Å². The van der Waals surface area contributed by atoms with E-state index in [1.807, 2.05) is 0 Å². The molecule has 4 heteroatoms. The number of hydrogen-bond donors (Lipinski definition) is 2. The maximum Gasteiger partial charge on any atom is 0.255 e. The number of carbonyl (C=O) groups is 1. The zero-order valence-electron chi connectivity index (χ0n) is 9.31. The molecule has 1 fully saturated rings. The minimum absolute atomic E-state index is 0.0703. The Labute approximate surface area is 94.7 Å². The third kappa shape index (κ3) is 2.51. The van der Waals surface area contributed by atoms with Gasteiger partial charge in [0, 0.05) is 12.7 Å². The van der Waals surface area contributed by atoms with Crippen LogP contribution >= 0.6 is 0 Å². The lowest BCUT2D eigenvalue weighted by atomic mass is 10.1. The summed E-state index contributed by atoms with van der Waals surface area (Å²) in [6.45, 7) is 2.82. The van der Waals surface area contributed by atoms with Gasteiger partial charge >= 0.3 is 0 Å². The smallest absolute Gasteiger partial charge is 0.255 e. The van der Waals surface area contributed by atoms with E-state index in [2.05, 4.69) is 17.2 Å². The van der Waals surface area contributed by atoms with Gasteiger partial charge in [-0.05, 0) is 30.7 Å². The molecule has 16 heavy (non-hydrogen) atoms. The van der Waals surface area contributed by atoms with E-state index in [-0.39, 0.29) is 17.2 Å². The van der Waals surface area contributed by atoms with Crippen molar-refractivity contribution in [2.75, 3.05) is 6.54 Å². The fourth-order valence-corrected chi connectivity index (χ4v) is 1.76. The Bertz CT molecular complexity index is 388. The van der Waals surface area contributed by atoms with E-state index in [9.17, 15) is 9.90 Å². The van der Waals surface area contributed by atoms with Crippen LogP contribution in [0.3, 0.4) is 0 Å². The topological polar surface area (TPSA) is 62.2 Å². The molecule has 4 nitrogen and oxygen atoms in total. The highest BCUT2D eigenvalue weighted by Crippen LogP contribution is 2.36. The van der Waals surface area contributed by atoms with Crippen molar-refractivity contribution in [3.63, 3.8) is 0 Å². The zero-order chi connectivity index (χ0) is 11.5. The molecule has 1 amide bonds. The number of rotatable bonds is 4. The number of nitrogens with one attached hydrogen (secondary N) is 1. The summed E-state index contributed by atoms with van der Waals surface area (Å²) in [5, 5.41) is 12.3. The molecule has 86 valence electrons. The molecule has 2 N–H and O–H groups in total. The van der Waals surface area contributed by atoms with Crippen LogP contribution in [-0.2, 0) is 0 Å². The zero-order valence-corrected chi connectivity index (χ0v) is 9.31. The minimum Gasteiger partial charge on any atom is -0.505 e. The molecule has 1 aromatic heterocycles. The van der Waals surface area contributed by atoms with E-state index in [0.717, 1.165) is 5.92 Å². The van der Waals surface area contributed by atoms with Crippen molar-refractivity contribution in [2.24, 2.45) is 11.8 Å². The molecule has 1 atom stereocenters. The second-order valence-electron chi connectivity index (χ2n) is 4.42. The van der Waals surface area contributed by atoms with E-state index < -0.39 is 0 Å². The van der Waals surface area contributed by atoms with Gasteiger partial charge in [-0.1, -0.05) is 6.92 Å². The van der Waals surface area contributed by atoms with Gasteiger partial charge in [-0.3, -0.25) is 9.78 Å². The third-order valence-corrected chi connectivity index (χ3v) is 3.06. The Balaban J connectivity index is 1.90. The molecule has 1 heterocycles. The molecule has 1 unspecified atom stereocenters. The number of amides is 1. The summed E-state index contributed by atoms with van der Waals surface area (Å²) in [6.07, 6.45) is 5.33. The lowest BCUT2D eigenvalue weighted by Crippen LogP contribution is -2.29. The first-order chi connectivity index (χ1) is 7.68. The molecule has 1 saturated carbocycles. The molecule has 0 saturated heterocycles. The van der Waals surface area contributed by atoms with Crippen LogP contribution in [0.25, 0.3) is 0 Å². The second-order valence-corrected chi connectivity index (χ2v) is 4.42. The highest BCUT2D eigenvalue weighted by Gasteiger charge is 2.28. The lowest BCUT2D eigenvalue weighted by Gasteiger charge is -2.11. The molecule has 2 rings (SSSR count). The molecule has 0 bridgehead atoms. The summed E-state index contributed by atoms with van der Waals surface area (Å²) in [6, 6.07) is 1.52. The molecular weight excluding hydrogens is 204 g/mol. The predicted molar refractivity (Wildman–Crippen MR) is 60.1 cm³/mol. The Morgan fingerprint density at radius 2 is 2.44 bits per heavy atom. The first-order valence-corrected chi connectivity index (χ1v) is 5.59. The standard InChI is InChI=1S/C12H16N2O2/c1-8(9-2-3-9)6-14-12(16)10-4-5-13-7-11(10)15/h4-5,7-9,15H,2-3,6H2,1H3,(H,14,16). The van der Waals surface area contributed by atoms with Crippen molar-refractivity contribution in [3.05, 3.63) is 24.0 Å². The molecule has 0 spiro atoms. The van der Waals surface area contributed by atoms with Gasteiger partial charge in [0.15, 0.2) is 0 Å². The number of nitrogens with zero attached hydrogens (tertiary/aromatic N) is 1. The summed E-state index contributed by atoms with van der Waals surface area (Å²) in [7, 11) is 0. The van der Waals surface area contributed by atoms with Crippen molar-refractivity contribution in [1.29, 1.82) is 0 Å². The normalized spacial score (nSPS) is 16.8. The van der Waals surface area contributed by atoms with Crippen LogP contribution in [0.2, 0.25) is 0 Å². The van der Waals surface area contributed by atoms with Crippen LogP contribution in [0.5, 0.6) is 5.75 Å². The molecule has 0 aliphatic heterocycles. The summed E-state index contributed by atoms with van der Waals surface area (Å²) in [5.74, 6) is 0.991. The summed E-state index contributed by atoms with van der Waals surface area (Å²) in [5.41, 5.74) is 0.290. The van der Waals surface area contributed by atoms with Gasteiger partial charge in [0.2, 0.25) is 0 Å². The second kappa shape index (κ2) is 4.51. The van der Waals surface area contributed by atoms with Crippen LogP contribution in [0, 0.1) is 11.8 Å². The Morgan fingerprint density at radius 1 is 1.69 bits per heavy atom. The Kier molecular flexibility index (Phi) is 3.08. The molecule has 0 radical (unpaired) electrons. The maximum atomic E-state index is 11.7. The van der Waals surface area contributed by atoms with E-state index in [0.29, 0.717) is 12.5 Å². The van der Waals surface area contributed by atoms with Gasteiger partial charge in [0.25, 0.3) is 5.91 Å². The number of aromatic nitrogens is 1. The first kappa shape index (κ1) is 10.9. The Morgan fingerprint density at radius 3 is 3.06 bits per heavy atom. The van der Waals surface area contributed by atoms with Crippen molar-refractivity contribution in [1.82, 2.24) is 10.3 Å². The van der Waals surface area contributed by atoms with Crippen molar-refractivity contribution in [3.8, 4) is 5.75 Å². The van der Waals surface area contributed by atoms with Gasteiger partial charge in [-0.2, -0.15) is 0 Å². The van der Waals surface area contributed by atoms with Crippen LogP contribution in [0.4, 0.5) is 0 Å². The fourth-order valence-electron chi connectivity index (χ4n) is 1.76. The number of carbonyl (C=O) groups excluding carboxylic acids is 1. The maximum absolute atomic E-state index is 11.7. The van der Waals surface area contributed by atoms with Gasteiger partial charge in [-0.15, -0.1) is 0 Å². The van der Waals surface area contributed by atoms with Crippen LogP contribution in [-0.4, -0.2) is 22.5 Å². The largest absolute Gasteiger partial charge is 0.505 e. The van der Waals surface area contributed by atoms with Crippen LogP contribution in [0.1, 0.15) is 30.1 Å². The molecule has 0 aromatic carbocycles. The summed E-state index contributed by atoms with van der Waals surface area (Å²) >= 11 is 0. The monoisotopic (exact) mass is 220 g/mol.